The van der Waals surface area contributed by atoms with Crippen LogP contribution in [-0.2, 0) is 33.6 Å². The second-order valence-corrected chi connectivity index (χ2v) is 19.4. The van der Waals surface area contributed by atoms with Gasteiger partial charge in [-0.05, 0) is 90.8 Å². The number of allylic oxidation sites excluding steroid dienone is 2. The SMILES string of the molecule is CC(C)[PH+](CC[PH+](C(C)C)C(C)C)C(C)C.O=C(/C=C/c1ccccc1C(F)(F)F)/C=C/c1ccccc1C(F)(F)F.[Ni]. The number of ketones is 1. The van der Waals surface area contributed by atoms with Crippen LogP contribution in [0.2, 0.25) is 0 Å². The predicted molar refractivity (Wildman–Crippen MR) is 173 cm³/mol. The average molecular weight is 693 g/mol. The summed E-state index contributed by atoms with van der Waals surface area (Å²) >= 11 is 0. The zero-order chi connectivity index (χ0) is 32.3. The van der Waals surface area contributed by atoms with Crippen molar-refractivity contribution < 1.29 is 47.6 Å². The molecule has 0 aromatic heterocycles. The summed E-state index contributed by atoms with van der Waals surface area (Å²) in [6.07, 6.45) is -2.34. The number of halogens is 6. The van der Waals surface area contributed by atoms with Crippen LogP contribution in [0.15, 0.2) is 60.7 Å². The molecule has 0 aliphatic heterocycles. The molecular weight excluding hydrogens is 647 g/mol. The fraction of sp³-hybridized carbons (Fsp3) is 0.485. The topological polar surface area (TPSA) is 17.1 Å². The summed E-state index contributed by atoms with van der Waals surface area (Å²) in [6, 6.07) is 9.33. The molecule has 0 bridgehead atoms. The van der Waals surface area contributed by atoms with Gasteiger partial charge in [-0.3, -0.25) is 4.79 Å². The first-order valence-corrected chi connectivity index (χ1v) is 18.0. The monoisotopic (exact) mass is 692 g/mol. The first kappa shape index (κ1) is 41.5. The van der Waals surface area contributed by atoms with E-state index in [1.165, 1.54) is 36.4 Å². The molecule has 0 saturated carbocycles. The quantitative estimate of drug-likeness (QED) is 0.0991. The number of carbonyl (C=O) groups excluding carboxylic acids is 1. The van der Waals surface area contributed by atoms with E-state index in [1.54, 1.807) is 12.3 Å². The van der Waals surface area contributed by atoms with E-state index in [9.17, 15) is 31.1 Å². The molecule has 2 aromatic rings. The molecule has 2 aromatic carbocycles. The zero-order valence-electron chi connectivity index (χ0n) is 26.1. The van der Waals surface area contributed by atoms with Crippen molar-refractivity contribution in [2.24, 2.45) is 0 Å². The zero-order valence-corrected chi connectivity index (χ0v) is 29.1. The predicted octanol–water partition coefficient (Wildman–Crippen LogP) is 11.1. The van der Waals surface area contributed by atoms with Gasteiger partial charge in [0.05, 0.1) is 46.1 Å². The van der Waals surface area contributed by atoms with Crippen molar-refractivity contribution in [3.05, 3.63) is 82.9 Å². The molecule has 10 heteroatoms. The Morgan fingerprint density at radius 1 is 0.605 bits per heavy atom. The van der Waals surface area contributed by atoms with Crippen LogP contribution < -0.4 is 0 Å². The van der Waals surface area contributed by atoms with E-state index in [-0.39, 0.29) is 43.5 Å². The third-order valence-electron chi connectivity index (χ3n) is 7.06. The van der Waals surface area contributed by atoms with E-state index < -0.39 is 29.3 Å². The fourth-order valence-electron chi connectivity index (χ4n) is 4.98. The van der Waals surface area contributed by atoms with Gasteiger partial charge in [0.25, 0.3) is 0 Å². The molecule has 0 aliphatic rings. The van der Waals surface area contributed by atoms with Gasteiger partial charge in [0, 0.05) is 32.3 Å². The van der Waals surface area contributed by atoms with E-state index in [2.05, 4.69) is 55.4 Å². The number of benzene rings is 2. The maximum Gasteiger partial charge on any atom is 0.416 e. The van der Waals surface area contributed by atoms with Crippen LogP contribution in [0.25, 0.3) is 12.2 Å². The smallest absolute Gasteiger partial charge is 0.290 e. The van der Waals surface area contributed by atoms with Gasteiger partial charge in [0.2, 0.25) is 0 Å². The Hall–Kier alpha value is -1.48. The third-order valence-corrected chi connectivity index (χ3v) is 15.1. The molecule has 0 aliphatic carbocycles. The van der Waals surface area contributed by atoms with Crippen LogP contribution in [0.3, 0.4) is 0 Å². The van der Waals surface area contributed by atoms with Crippen LogP contribution in [0.1, 0.15) is 77.6 Å². The van der Waals surface area contributed by atoms with Crippen molar-refractivity contribution in [3.63, 3.8) is 0 Å². The normalized spacial score (nSPS) is 12.7. The first-order valence-electron chi connectivity index (χ1n) is 14.3. The molecule has 0 spiro atoms. The van der Waals surface area contributed by atoms with Gasteiger partial charge in [0.15, 0.2) is 5.78 Å². The van der Waals surface area contributed by atoms with Gasteiger partial charge >= 0.3 is 12.4 Å². The van der Waals surface area contributed by atoms with E-state index in [1.807, 2.05) is 0 Å². The van der Waals surface area contributed by atoms with E-state index >= 15 is 0 Å². The third kappa shape index (κ3) is 14.9. The first-order chi connectivity index (χ1) is 19.4. The number of alkyl halides is 6. The van der Waals surface area contributed by atoms with Gasteiger partial charge in [-0.25, -0.2) is 0 Å². The summed E-state index contributed by atoms with van der Waals surface area (Å²) < 4.78 is 77.2. The van der Waals surface area contributed by atoms with E-state index in [0.29, 0.717) is 0 Å². The summed E-state index contributed by atoms with van der Waals surface area (Å²) in [6.45, 7) is 19.5. The molecule has 0 fully saturated rings. The molecule has 0 atom stereocenters. The summed E-state index contributed by atoms with van der Waals surface area (Å²) in [5, 5.41) is 0. The summed E-state index contributed by atoms with van der Waals surface area (Å²) in [4.78, 5) is 11.8. The molecule has 0 heterocycles. The van der Waals surface area contributed by atoms with Gasteiger partial charge in [-0.2, -0.15) is 26.3 Å². The maximum atomic E-state index is 12.9. The molecule has 43 heavy (non-hydrogen) atoms. The fourth-order valence-corrected chi connectivity index (χ4v) is 12.3. The Kier molecular flexibility index (Phi) is 18.5. The van der Waals surface area contributed by atoms with Crippen LogP contribution in [0.4, 0.5) is 26.3 Å². The van der Waals surface area contributed by atoms with Gasteiger partial charge in [-0.15, -0.1) is 0 Å². The Morgan fingerprint density at radius 3 is 1.14 bits per heavy atom. The van der Waals surface area contributed by atoms with E-state index in [4.69, 9.17) is 0 Å². The van der Waals surface area contributed by atoms with Crippen molar-refractivity contribution in [2.75, 3.05) is 12.3 Å². The minimum Gasteiger partial charge on any atom is -0.290 e. The second kappa shape index (κ2) is 19.1. The van der Waals surface area contributed by atoms with E-state index in [0.717, 1.165) is 59.1 Å². The molecule has 2 rings (SSSR count). The Morgan fingerprint density at radius 2 is 0.884 bits per heavy atom. The Bertz CT molecular complexity index is 1060. The van der Waals surface area contributed by atoms with Gasteiger partial charge in [0.1, 0.15) is 0 Å². The molecule has 0 unspecified atom stereocenters. The molecular formula is C33H46F6NiOP2+2. The van der Waals surface area contributed by atoms with Crippen LogP contribution >= 0.6 is 15.8 Å². The van der Waals surface area contributed by atoms with Crippen LogP contribution in [-0.4, -0.2) is 40.7 Å². The Balaban J connectivity index is 0.000000900. The second-order valence-electron chi connectivity index (χ2n) is 11.5. The van der Waals surface area contributed by atoms with Crippen molar-refractivity contribution >= 4 is 33.8 Å². The molecule has 0 amide bonds. The molecule has 1 nitrogen and oxygen atoms in total. The number of hydrogen-bond donors (Lipinski definition) is 0. The molecule has 0 N–H and O–H groups in total. The minimum absolute atomic E-state index is 0. The van der Waals surface area contributed by atoms with Crippen LogP contribution in [0, 0.1) is 0 Å². The summed E-state index contributed by atoms with van der Waals surface area (Å²) in [5.41, 5.74) is 1.57. The van der Waals surface area contributed by atoms with Crippen molar-refractivity contribution in [1.29, 1.82) is 0 Å². The largest absolute Gasteiger partial charge is 0.416 e. The summed E-state index contributed by atoms with van der Waals surface area (Å²) in [7, 11) is -0.229. The number of hydrogen-bond acceptors (Lipinski definition) is 1. The minimum atomic E-state index is -4.58. The molecule has 0 radical (unpaired) electrons. The summed E-state index contributed by atoms with van der Waals surface area (Å²) in [5.74, 6) is -0.737. The Labute approximate surface area is 266 Å². The van der Waals surface area contributed by atoms with Crippen molar-refractivity contribution in [1.82, 2.24) is 0 Å². The average Bonchev–Trinajstić information content (AvgIpc) is 2.87. The molecule has 0 saturated heterocycles. The van der Waals surface area contributed by atoms with Crippen molar-refractivity contribution in [2.45, 2.75) is 90.4 Å². The van der Waals surface area contributed by atoms with Gasteiger partial charge in [-0.1, -0.05) is 48.6 Å². The standard InChI is InChI=1S/C19H12F6O.C14H32P2.Ni/c20-18(21,22)16-7-3-1-5-13(16)9-11-15(26)12-10-14-6-2-4-8-17(14)19(23,24)25;1-11(2)15(12(3)4)9-10-16(13(5)6)14(7)8;/h1-12H;11-14H,9-10H2,1-8H3;/p+2/b11-9+,12-10+;;. The number of carbonyl (C=O) groups is 1. The maximum absolute atomic E-state index is 12.9. The number of rotatable bonds is 11. The van der Waals surface area contributed by atoms with Crippen LogP contribution in [0.5, 0.6) is 0 Å². The molecule has 244 valence electrons. The van der Waals surface area contributed by atoms with Gasteiger partial charge < -0.3 is 0 Å². The van der Waals surface area contributed by atoms with Crippen molar-refractivity contribution in [3.8, 4) is 0 Å².